The highest BCUT2D eigenvalue weighted by Gasteiger charge is 2.13. The number of nitrogens with zero attached hydrogens (tertiary/aromatic N) is 1. The van der Waals surface area contributed by atoms with Crippen molar-refractivity contribution in [3.8, 4) is 11.4 Å². The highest BCUT2D eigenvalue weighted by Crippen LogP contribution is 2.26. The maximum atomic E-state index is 4.72. The van der Waals surface area contributed by atoms with Crippen LogP contribution in [0.2, 0.25) is 0 Å². The van der Waals surface area contributed by atoms with E-state index >= 15 is 0 Å². The lowest BCUT2D eigenvalue weighted by Gasteiger charge is -2.18. The summed E-state index contributed by atoms with van der Waals surface area (Å²) < 4.78 is 0. The zero-order chi connectivity index (χ0) is 15.7. The molecule has 3 aromatic rings. The Bertz CT molecular complexity index is 774. The monoisotopic (exact) mass is 292 g/mol. The number of aryl methyl sites for hydroxylation is 1. The van der Waals surface area contributed by atoms with Crippen molar-refractivity contribution in [3.05, 3.63) is 53.6 Å². The van der Waals surface area contributed by atoms with Gasteiger partial charge in [-0.25, -0.2) is 4.98 Å². The molecule has 0 aliphatic rings. The van der Waals surface area contributed by atoms with E-state index in [1.54, 1.807) is 0 Å². The molecule has 1 aromatic heterocycles. The Morgan fingerprint density at radius 3 is 2.36 bits per heavy atom. The molecule has 0 unspecified atom stereocenters. The summed E-state index contributed by atoms with van der Waals surface area (Å²) >= 11 is 0. The van der Waals surface area contributed by atoms with Crippen LogP contribution in [0.4, 0.5) is 0 Å². The molecule has 0 aliphatic carbocycles. The number of aromatic nitrogens is 2. The fourth-order valence-corrected chi connectivity index (χ4v) is 2.77. The summed E-state index contributed by atoms with van der Waals surface area (Å²) in [6.45, 7) is 8.91. The van der Waals surface area contributed by atoms with Crippen LogP contribution >= 0.6 is 0 Å². The number of rotatable bonds is 3. The second-order valence-corrected chi connectivity index (χ2v) is 7.01. The van der Waals surface area contributed by atoms with Crippen molar-refractivity contribution in [1.82, 2.24) is 9.97 Å². The summed E-state index contributed by atoms with van der Waals surface area (Å²) in [4.78, 5) is 8.18. The minimum atomic E-state index is 0.182. The van der Waals surface area contributed by atoms with Gasteiger partial charge in [0.25, 0.3) is 0 Å². The molecule has 2 aromatic carbocycles. The van der Waals surface area contributed by atoms with Gasteiger partial charge >= 0.3 is 0 Å². The molecule has 1 N–H and O–H groups in total. The van der Waals surface area contributed by atoms with E-state index in [2.05, 4.69) is 75.1 Å². The first-order valence-electron chi connectivity index (χ1n) is 8.07. The Morgan fingerprint density at radius 2 is 1.73 bits per heavy atom. The molecule has 2 nitrogen and oxygen atoms in total. The standard InChI is InChI=1S/C20H24N2/c1-5-6-14-7-12-17-18(13-14)22-19(21-17)15-8-10-16(11-9-15)20(2,3)4/h7-13H,5-6H2,1-4H3,(H,21,22). The Hall–Kier alpha value is -2.09. The lowest BCUT2D eigenvalue weighted by molar-refractivity contribution is 0.590. The lowest BCUT2D eigenvalue weighted by Crippen LogP contribution is -2.10. The third-order valence-corrected chi connectivity index (χ3v) is 4.11. The van der Waals surface area contributed by atoms with Crippen LogP contribution in [0.15, 0.2) is 42.5 Å². The molecule has 2 heteroatoms. The Morgan fingerprint density at radius 1 is 1.00 bits per heavy atom. The molecule has 0 radical (unpaired) electrons. The zero-order valence-corrected chi connectivity index (χ0v) is 13.9. The van der Waals surface area contributed by atoms with Crippen LogP contribution in [-0.4, -0.2) is 9.97 Å². The van der Waals surface area contributed by atoms with Gasteiger partial charge in [0.15, 0.2) is 0 Å². The molecule has 0 saturated carbocycles. The van der Waals surface area contributed by atoms with Crippen molar-refractivity contribution in [3.63, 3.8) is 0 Å². The molecular weight excluding hydrogens is 268 g/mol. The number of hydrogen-bond acceptors (Lipinski definition) is 1. The lowest BCUT2D eigenvalue weighted by atomic mass is 9.87. The van der Waals surface area contributed by atoms with E-state index in [-0.39, 0.29) is 5.41 Å². The van der Waals surface area contributed by atoms with Crippen molar-refractivity contribution in [2.24, 2.45) is 0 Å². The van der Waals surface area contributed by atoms with Crippen molar-refractivity contribution in [2.45, 2.75) is 46.0 Å². The van der Waals surface area contributed by atoms with Crippen LogP contribution in [0.25, 0.3) is 22.4 Å². The minimum absolute atomic E-state index is 0.182. The zero-order valence-electron chi connectivity index (χ0n) is 13.9. The van der Waals surface area contributed by atoms with Gasteiger partial charge in [-0.2, -0.15) is 0 Å². The molecule has 3 rings (SSSR count). The van der Waals surface area contributed by atoms with Gasteiger partial charge in [0, 0.05) is 5.56 Å². The summed E-state index contributed by atoms with van der Waals surface area (Å²) in [5.74, 6) is 0.948. The summed E-state index contributed by atoms with van der Waals surface area (Å²) in [6.07, 6.45) is 2.28. The first-order chi connectivity index (χ1) is 10.5. The largest absolute Gasteiger partial charge is 0.338 e. The first-order valence-corrected chi connectivity index (χ1v) is 8.07. The molecule has 0 bridgehead atoms. The van der Waals surface area contributed by atoms with Crippen LogP contribution in [0.1, 0.15) is 45.2 Å². The van der Waals surface area contributed by atoms with E-state index in [1.807, 2.05) is 0 Å². The summed E-state index contributed by atoms with van der Waals surface area (Å²) in [5, 5.41) is 0. The van der Waals surface area contributed by atoms with Gasteiger partial charge in [0.05, 0.1) is 11.0 Å². The third-order valence-electron chi connectivity index (χ3n) is 4.11. The fourth-order valence-electron chi connectivity index (χ4n) is 2.77. The van der Waals surface area contributed by atoms with E-state index in [0.29, 0.717) is 0 Å². The van der Waals surface area contributed by atoms with Crippen LogP contribution in [-0.2, 0) is 11.8 Å². The first kappa shape index (κ1) is 14.8. The van der Waals surface area contributed by atoms with Gasteiger partial charge in [-0.3, -0.25) is 0 Å². The molecule has 0 atom stereocenters. The molecule has 1 heterocycles. The fraction of sp³-hybridized carbons (Fsp3) is 0.350. The maximum Gasteiger partial charge on any atom is 0.138 e. The van der Waals surface area contributed by atoms with Gasteiger partial charge < -0.3 is 4.98 Å². The second kappa shape index (κ2) is 5.60. The van der Waals surface area contributed by atoms with E-state index in [9.17, 15) is 0 Å². The van der Waals surface area contributed by atoms with Gasteiger partial charge in [0.2, 0.25) is 0 Å². The molecule has 0 fully saturated rings. The van der Waals surface area contributed by atoms with Crippen LogP contribution in [0.5, 0.6) is 0 Å². The van der Waals surface area contributed by atoms with Crippen molar-refractivity contribution < 1.29 is 0 Å². The van der Waals surface area contributed by atoms with Crippen molar-refractivity contribution in [2.75, 3.05) is 0 Å². The number of hydrogen-bond donors (Lipinski definition) is 1. The van der Waals surface area contributed by atoms with E-state index in [0.717, 1.165) is 28.8 Å². The minimum Gasteiger partial charge on any atom is -0.338 e. The van der Waals surface area contributed by atoms with E-state index < -0.39 is 0 Å². The second-order valence-electron chi connectivity index (χ2n) is 7.01. The quantitative estimate of drug-likeness (QED) is 0.680. The van der Waals surface area contributed by atoms with Gasteiger partial charge in [-0.05, 0) is 35.1 Å². The Balaban J connectivity index is 1.96. The molecule has 22 heavy (non-hydrogen) atoms. The summed E-state index contributed by atoms with van der Waals surface area (Å²) in [5.41, 5.74) is 6.20. The maximum absolute atomic E-state index is 4.72. The van der Waals surface area contributed by atoms with Crippen LogP contribution < -0.4 is 0 Å². The molecule has 0 amide bonds. The molecule has 0 saturated heterocycles. The van der Waals surface area contributed by atoms with Gasteiger partial charge in [-0.15, -0.1) is 0 Å². The van der Waals surface area contributed by atoms with Gasteiger partial charge in [0.1, 0.15) is 5.82 Å². The number of H-pyrrole nitrogens is 1. The normalized spacial score (nSPS) is 12.0. The highest BCUT2D eigenvalue weighted by molar-refractivity contribution is 5.80. The average molecular weight is 292 g/mol. The van der Waals surface area contributed by atoms with Crippen LogP contribution in [0.3, 0.4) is 0 Å². The molecule has 0 aliphatic heterocycles. The molecule has 0 spiro atoms. The average Bonchev–Trinajstić information content (AvgIpc) is 2.90. The number of nitrogens with one attached hydrogen (secondary N) is 1. The van der Waals surface area contributed by atoms with Crippen LogP contribution in [0, 0.1) is 0 Å². The van der Waals surface area contributed by atoms with E-state index in [1.165, 1.54) is 17.5 Å². The Kier molecular flexibility index (Phi) is 3.78. The summed E-state index contributed by atoms with van der Waals surface area (Å²) in [7, 11) is 0. The number of fused-ring (bicyclic) bond motifs is 1. The predicted molar refractivity (Wildman–Crippen MR) is 94.2 cm³/mol. The summed E-state index contributed by atoms with van der Waals surface area (Å²) in [6, 6.07) is 15.2. The van der Waals surface area contributed by atoms with Crippen molar-refractivity contribution in [1.29, 1.82) is 0 Å². The van der Waals surface area contributed by atoms with Crippen molar-refractivity contribution >= 4 is 11.0 Å². The highest BCUT2D eigenvalue weighted by atomic mass is 14.9. The molecular formula is C20H24N2. The smallest absolute Gasteiger partial charge is 0.138 e. The van der Waals surface area contributed by atoms with Gasteiger partial charge in [-0.1, -0.05) is 64.4 Å². The third kappa shape index (κ3) is 2.92. The Labute approximate surface area is 132 Å². The number of imidazole rings is 1. The number of aromatic amines is 1. The SMILES string of the molecule is CCCc1ccc2nc(-c3ccc(C(C)(C)C)cc3)[nH]c2c1. The number of benzene rings is 2. The topological polar surface area (TPSA) is 28.7 Å². The molecule has 114 valence electrons. The predicted octanol–water partition coefficient (Wildman–Crippen LogP) is 5.48. The van der Waals surface area contributed by atoms with E-state index in [4.69, 9.17) is 4.98 Å².